The summed E-state index contributed by atoms with van der Waals surface area (Å²) in [6, 6.07) is 1.73. The zero-order valence-electron chi connectivity index (χ0n) is 10.4. The van der Waals surface area contributed by atoms with E-state index >= 15 is 0 Å². The predicted molar refractivity (Wildman–Crippen MR) is 72.7 cm³/mol. The molecule has 0 atom stereocenters. The van der Waals surface area contributed by atoms with Crippen molar-refractivity contribution in [3.63, 3.8) is 0 Å². The fraction of sp³-hybridized carbons (Fsp3) is 0.455. The van der Waals surface area contributed by atoms with Crippen molar-refractivity contribution in [2.45, 2.75) is 13.3 Å². The first-order chi connectivity index (χ1) is 8.58. The van der Waals surface area contributed by atoms with Crippen LogP contribution in [0, 0.1) is 0 Å². The van der Waals surface area contributed by atoms with Crippen LogP contribution in [0.4, 0.5) is 5.82 Å². The van der Waals surface area contributed by atoms with E-state index in [0.29, 0.717) is 23.8 Å². The van der Waals surface area contributed by atoms with Crippen LogP contribution in [0.15, 0.2) is 12.3 Å². The van der Waals surface area contributed by atoms with E-state index in [1.54, 1.807) is 6.07 Å². The molecule has 0 saturated heterocycles. The maximum Gasteiger partial charge on any atom is 0.376 e. The molecule has 1 heterocycles. The monoisotopic (exact) mass is 268 g/mol. The topological polar surface area (TPSA) is 81.3 Å². The van der Waals surface area contributed by atoms with Crippen LogP contribution in [-0.4, -0.2) is 41.1 Å². The summed E-state index contributed by atoms with van der Waals surface area (Å²) >= 11 is 4.84. The molecule has 0 aliphatic carbocycles. The third-order valence-electron chi connectivity index (χ3n) is 2.34. The van der Waals surface area contributed by atoms with Crippen LogP contribution in [0.25, 0.3) is 0 Å². The Labute approximate surface area is 111 Å². The van der Waals surface area contributed by atoms with Gasteiger partial charge < -0.3 is 15.4 Å². The number of methoxy groups -OCH3 is 1. The van der Waals surface area contributed by atoms with E-state index in [2.05, 4.69) is 14.7 Å². The number of nitrogens with two attached hydrogens (primary N) is 1. The Bertz CT molecular complexity index is 439. The van der Waals surface area contributed by atoms with E-state index < -0.39 is 5.97 Å². The molecule has 0 spiro atoms. The molecule has 98 valence electrons. The molecule has 0 aromatic carbocycles. The first kappa shape index (κ1) is 14.3. The second-order valence-corrected chi connectivity index (χ2v) is 4.05. The van der Waals surface area contributed by atoms with E-state index in [1.807, 2.05) is 11.8 Å². The summed E-state index contributed by atoms with van der Waals surface area (Å²) in [6.07, 6.45) is 2.12. The number of hydrogen-bond donors (Lipinski definition) is 1. The molecule has 7 heteroatoms. The number of hydrogen-bond acceptors (Lipinski definition) is 6. The Morgan fingerprint density at radius 3 is 2.89 bits per heavy atom. The van der Waals surface area contributed by atoms with Gasteiger partial charge in [0.05, 0.1) is 12.1 Å². The molecule has 0 amide bonds. The molecular formula is C11H16N4O2S. The van der Waals surface area contributed by atoms with Crippen LogP contribution in [0.3, 0.4) is 0 Å². The molecule has 2 N–H and O–H groups in total. The molecule has 0 bridgehead atoms. The molecule has 0 saturated carbocycles. The van der Waals surface area contributed by atoms with Gasteiger partial charge in [-0.15, -0.1) is 0 Å². The first-order valence-electron chi connectivity index (χ1n) is 5.53. The van der Waals surface area contributed by atoms with Gasteiger partial charge in [-0.3, -0.25) is 0 Å². The summed E-state index contributed by atoms with van der Waals surface area (Å²) in [4.78, 5) is 21.8. The van der Waals surface area contributed by atoms with Gasteiger partial charge in [-0.25, -0.2) is 14.8 Å². The average molecular weight is 268 g/mol. The van der Waals surface area contributed by atoms with Crippen molar-refractivity contribution >= 4 is 29.0 Å². The lowest BCUT2D eigenvalue weighted by atomic mass is 10.3. The molecular weight excluding hydrogens is 252 g/mol. The SMILES string of the molecule is CCN(CCC(N)=S)c1ccnc(C(=O)OC)n1. The first-order valence-corrected chi connectivity index (χ1v) is 5.94. The van der Waals surface area contributed by atoms with Gasteiger partial charge in [-0.2, -0.15) is 0 Å². The summed E-state index contributed by atoms with van der Waals surface area (Å²) in [5, 5.41) is 0. The highest BCUT2D eigenvalue weighted by Crippen LogP contribution is 2.10. The normalized spacial score (nSPS) is 9.89. The van der Waals surface area contributed by atoms with Gasteiger partial charge in [-0.05, 0) is 13.0 Å². The minimum absolute atomic E-state index is 0.0452. The van der Waals surface area contributed by atoms with Gasteiger partial charge in [-0.1, -0.05) is 12.2 Å². The van der Waals surface area contributed by atoms with Gasteiger partial charge in [0, 0.05) is 25.7 Å². The number of esters is 1. The third-order valence-corrected chi connectivity index (χ3v) is 2.55. The zero-order chi connectivity index (χ0) is 13.5. The van der Waals surface area contributed by atoms with E-state index in [0.717, 1.165) is 6.54 Å². The number of rotatable bonds is 6. The van der Waals surface area contributed by atoms with E-state index in [4.69, 9.17) is 18.0 Å². The summed E-state index contributed by atoms with van der Waals surface area (Å²) in [6.45, 7) is 3.38. The predicted octanol–water partition coefficient (Wildman–Crippen LogP) is 0.766. The van der Waals surface area contributed by atoms with Crippen molar-refractivity contribution in [1.29, 1.82) is 0 Å². The van der Waals surface area contributed by atoms with E-state index in [9.17, 15) is 4.79 Å². The number of carbonyl (C=O) groups excluding carboxylic acids is 1. The van der Waals surface area contributed by atoms with E-state index in [-0.39, 0.29) is 5.82 Å². The lowest BCUT2D eigenvalue weighted by Crippen LogP contribution is -2.28. The van der Waals surface area contributed by atoms with Crippen molar-refractivity contribution in [2.75, 3.05) is 25.1 Å². The lowest BCUT2D eigenvalue weighted by Gasteiger charge is -2.21. The maximum absolute atomic E-state index is 11.3. The molecule has 0 aliphatic rings. The molecule has 18 heavy (non-hydrogen) atoms. The zero-order valence-corrected chi connectivity index (χ0v) is 11.2. The van der Waals surface area contributed by atoms with Crippen molar-refractivity contribution in [2.24, 2.45) is 5.73 Å². The summed E-state index contributed by atoms with van der Waals surface area (Å²) < 4.78 is 4.58. The molecule has 0 aliphatic heterocycles. The van der Waals surface area contributed by atoms with Gasteiger partial charge in [0.1, 0.15) is 5.82 Å². The van der Waals surface area contributed by atoms with Gasteiger partial charge >= 0.3 is 5.97 Å². The number of aromatic nitrogens is 2. The molecule has 0 radical (unpaired) electrons. The number of nitrogens with zero attached hydrogens (tertiary/aromatic N) is 3. The Hall–Kier alpha value is -1.76. The molecule has 1 aromatic rings. The van der Waals surface area contributed by atoms with Crippen LogP contribution >= 0.6 is 12.2 Å². The number of carbonyl (C=O) groups is 1. The van der Waals surface area contributed by atoms with Crippen LogP contribution in [0.5, 0.6) is 0 Å². The molecule has 1 rings (SSSR count). The highest BCUT2D eigenvalue weighted by molar-refractivity contribution is 7.80. The Morgan fingerprint density at radius 2 is 2.33 bits per heavy atom. The minimum atomic E-state index is -0.553. The number of anilines is 1. The Balaban J connectivity index is 2.85. The van der Waals surface area contributed by atoms with Gasteiger partial charge in [0.25, 0.3) is 0 Å². The molecule has 6 nitrogen and oxygen atoms in total. The largest absolute Gasteiger partial charge is 0.463 e. The third kappa shape index (κ3) is 3.92. The Kier molecular flexibility index (Phi) is 5.44. The average Bonchev–Trinajstić information content (AvgIpc) is 2.38. The maximum atomic E-state index is 11.3. The summed E-state index contributed by atoms with van der Waals surface area (Å²) in [7, 11) is 1.29. The fourth-order valence-electron chi connectivity index (χ4n) is 1.39. The minimum Gasteiger partial charge on any atom is -0.463 e. The quantitative estimate of drug-likeness (QED) is 0.602. The standard InChI is InChI=1S/C11H16N4O2S/c1-3-15(7-5-8(12)18)9-4-6-13-10(14-9)11(16)17-2/h4,6H,3,5,7H2,1-2H3,(H2,12,18). The number of ether oxygens (including phenoxy) is 1. The van der Waals surface area contributed by atoms with Crippen molar-refractivity contribution < 1.29 is 9.53 Å². The highest BCUT2D eigenvalue weighted by atomic mass is 32.1. The molecule has 0 fully saturated rings. The second kappa shape index (κ2) is 6.85. The van der Waals surface area contributed by atoms with Crippen LogP contribution in [0.2, 0.25) is 0 Å². The van der Waals surface area contributed by atoms with Crippen molar-refractivity contribution in [1.82, 2.24) is 9.97 Å². The van der Waals surface area contributed by atoms with Crippen LogP contribution in [-0.2, 0) is 4.74 Å². The summed E-state index contributed by atoms with van der Waals surface area (Å²) in [5.74, 6) is 0.148. The smallest absolute Gasteiger partial charge is 0.376 e. The lowest BCUT2D eigenvalue weighted by molar-refractivity contribution is 0.0587. The van der Waals surface area contributed by atoms with Crippen molar-refractivity contribution in [3.05, 3.63) is 18.1 Å². The number of thiocarbonyl (C=S) groups is 1. The molecule has 1 aromatic heterocycles. The second-order valence-electron chi connectivity index (χ2n) is 3.53. The van der Waals surface area contributed by atoms with Crippen molar-refractivity contribution in [3.8, 4) is 0 Å². The Morgan fingerprint density at radius 1 is 1.61 bits per heavy atom. The van der Waals surface area contributed by atoms with Gasteiger partial charge in [0.2, 0.25) is 5.82 Å². The van der Waals surface area contributed by atoms with E-state index in [1.165, 1.54) is 13.3 Å². The summed E-state index contributed by atoms with van der Waals surface area (Å²) in [5.41, 5.74) is 5.47. The molecule has 0 unspecified atom stereocenters. The van der Waals surface area contributed by atoms with Crippen LogP contribution in [0.1, 0.15) is 24.0 Å². The fourth-order valence-corrected chi connectivity index (χ4v) is 1.49. The van der Waals surface area contributed by atoms with Gasteiger partial charge in [0.15, 0.2) is 0 Å². The van der Waals surface area contributed by atoms with Crippen LogP contribution < -0.4 is 10.6 Å². The highest BCUT2D eigenvalue weighted by Gasteiger charge is 2.12.